The van der Waals surface area contributed by atoms with Crippen LogP contribution in [0.3, 0.4) is 0 Å². The van der Waals surface area contributed by atoms with Gasteiger partial charge in [-0.25, -0.2) is 0 Å². The van der Waals surface area contributed by atoms with Gasteiger partial charge in [0.05, 0.1) is 12.6 Å². The molecule has 1 N–H and O–H groups in total. The van der Waals surface area contributed by atoms with Gasteiger partial charge in [0.2, 0.25) is 0 Å². The number of rotatable bonds is 6. The average molecular weight is 460 g/mol. The Morgan fingerprint density at radius 1 is 0.909 bits per heavy atom. The molecule has 0 bridgehead atoms. The van der Waals surface area contributed by atoms with E-state index in [2.05, 4.69) is 75.8 Å². The van der Waals surface area contributed by atoms with Crippen molar-refractivity contribution in [2.24, 2.45) is 0 Å². The first-order chi connectivity index (χ1) is 16.2. The lowest BCUT2D eigenvalue weighted by Gasteiger charge is -2.40. The number of carbonyl (C=O) groups is 1. The van der Waals surface area contributed by atoms with Crippen LogP contribution in [0.15, 0.2) is 84.9 Å². The minimum atomic E-state index is -0.213. The molecule has 1 heterocycles. The summed E-state index contributed by atoms with van der Waals surface area (Å²) in [5.74, 6) is 0.466. The summed E-state index contributed by atoms with van der Waals surface area (Å²) < 4.78 is 5.50. The van der Waals surface area contributed by atoms with Gasteiger partial charge in [-0.05, 0) is 48.5 Å². The van der Waals surface area contributed by atoms with Crippen LogP contribution in [0, 0.1) is 0 Å². The molecule has 1 aliphatic heterocycles. The van der Waals surface area contributed by atoms with Crippen LogP contribution in [0.1, 0.15) is 34.5 Å². The van der Waals surface area contributed by atoms with Gasteiger partial charge in [0, 0.05) is 31.7 Å². The number of hydrogen-bond acceptors (Lipinski definition) is 4. The Bertz CT molecular complexity index is 1030. The average Bonchev–Trinajstić information content (AvgIpc) is 2.86. The molecule has 0 radical (unpaired) electrons. The highest BCUT2D eigenvalue weighted by Crippen LogP contribution is 2.29. The lowest BCUT2D eigenvalue weighted by atomic mass is 9.96. The molecular weight excluding hydrogens is 430 g/mol. The molecule has 0 aliphatic carbocycles. The maximum atomic E-state index is 12.7. The smallest absolute Gasteiger partial charge is 0.257 e. The van der Waals surface area contributed by atoms with E-state index in [0.717, 1.165) is 26.2 Å². The zero-order valence-electron chi connectivity index (χ0n) is 18.8. The molecule has 1 saturated heterocycles. The number of ether oxygens (including phenoxy) is 1. The van der Waals surface area contributed by atoms with E-state index in [9.17, 15) is 4.79 Å². The summed E-state index contributed by atoms with van der Waals surface area (Å²) in [6.45, 7) is 5.69. The molecule has 0 aromatic heterocycles. The second-order valence-electron chi connectivity index (χ2n) is 7.97. The number of nitrogens with zero attached hydrogens (tertiary/aromatic N) is 2. The van der Waals surface area contributed by atoms with Gasteiger partial charge in [-0.15, -0.1) is 0 Å². The van der Waals surface area contributed by atoms with Crippen LogP contribution in [0.5, 0.6) is 5.75 Å². The van der Waals surface area contributed by atoms with Crippen LogP contribution < -0.4 is 10.1 Å². The summed E-state index contributed by atoms with van der Waals surface area (Å²) in [7, 11) is 0. The van der Waals surface area contributed by atoms with Crippen molar-refractivity contribution in [3.8, 4) is 5.75 Å². The van der Waals surface area contributed by atoms with Crippen molar-refractivity contribution < 1.29 is 9.53 Å². The fourth-order valence-electron chi connectivity index (χ4n) is 4.21. The molecule has 33 heavy (non-hydrogen) atoms. The largest absolute Gasteiger partial charge is 0.494 e. The maximum absolute atomic E-state index is 12.7. The Balaban J connectivity index is 1.39. The number of carbonyl (C=O) groups excluding carboxylic acids is 1. The number of hydrogen-bond donors (Lipinski definition) is 1. The lowest BCUT2D eigenvalue weighted by Crippen LogP contribution is -2.53. The molecule has 1 amide bonds. The minimum absolute atomic E-state index is 0.194. The zero-order valence-corrected chi connectivity index (χ0v) is 19.6. The van der Waals surface area contributed by atoms with E-state index in [1.54, 1.807) is 12.1 Å². The van der Waals surface area contributed by atoms with Crippen molar-refractivity contribution in [2.45, 2.75) is 13.0 Å². The maximum Gasteiger partial charge on any atom is 0.257 e. The molecule has 3 aromatic rings. The van der Waals surface area contributed by atoms with Crippen LogP contribution in [0.25, 0.3) is 0 Å². The summed E-state index contributed by atoms with van der Waals surface area (Å²) in [4.78, 5) is 17.3. The van der Waals surface area contributed by atoms with E-state index < -0.39 is 0 Å². The van der Waals surface area contributed by atoms with Crippen molar-refractivity contribution in [1.29, 1.82) is 0 Å². The molecule has 170 valence electrons. The minimum Gasteiger partial charge on any atom is -0.494 e. The van der Waals surface area contributed by atoms with Gasteiger partial charge in [0.25, 0.3) is 5.91 Å². The normalized spacial score (nSPS) is 14.2. The SMILES string of the molecule is CCOc1cccc(C(=O)NC(=S)N2CCN(C(c3ccccc3)c3ccccc3)CC2)c1. The predicted molar refractivity (Wildman–Crippen MR) is 136 cm³/mol. The summed E-state index contributed by atoms with van der Waals surface area (Å²) >= 11 is 5.57. The Hall–Kier alpha value is -3.22. The van der Waals surface area contributed by atoms with Crippen molar-refractivity contribution in [3.05, 3.63) is 102 Å². The molecule has 0 saturated carbocycles. The highest BCUT2D eigenvalue weighted by atomic mass is 32.1. The zero-order chi connectivity index (χ0) is 23.0. The Morgan fingerprint density at radius 2 is 1.52 bits per heavy atom. The van der Waals surface area contributed by atoms with Crippen LogP contribution in [0.4, 0.5) is 0 Å². The van der Waals surface area contributed by atoms with Gasteiger partial charge < -0.3 is 9.64 Å². The summed E-state index contributed by atoms with van der Waals surface area (Å²) in [5, 5.41) is 3.36. The third kappa shape index (κ3) is 5.78. The third-order valence-electron chi connectivity index (χ3n) is 5.82. The van der Waals surface area contributed by atoms with E-state index in [1.807, 2.05) is 19.1 Å². The fraction of sp³-hybridized carbons (Fsp3) is 0.259. The van der Waals surface area contributed by atoms with E-state index in [0.29, 0.717) is 23.0 Å². The number of nitrogens with one attached hydrogen (secondary N) is 1. The van der Waals surface area contributed by atoms with Gasteiger partial charge in [-0.2, -0.15) is 0 Å². The summed E-state index contributed by atoms with van der Waals surface area (Å²) in [6.07, 6.45) is 0. The molecule has 1 aliphatic rings. The topological polar surface area (TPSA) is 44.8 Å². The second-order valence-corrected chi connectivity index (χ2v) is 8.35. The van der Waals surface area contributed by atoms with E-state index >= 15 is 0 Å². The van der Waals surface area contributed by atoms with Crippen molar-refractivity contribution >= 4 is 23.2 Å². The Morgan fingerprint density at radius 3 is 2.09 bits per heavy atom. The fourth-order valence-corrected chi connectivity index (χ4v) is 4.49. The first-order valence-electron chi connectivity index (χ1n) is 11.3. The van der Waals surface area contributed by atoms with Crippen molar-refractivity contribution in [2.75, 3.05) is 32.8 Å². The quantitative estimate of drug-likeness (QED) is 0.550. The highest BCUT2D eigenvalue weighted by Gasteiger charge is 2.27. The highest BCUT2D eigenvalue weighted by molar-refractivity contribution is 7.80. The number of benzene rings is 3. The van der Waals surface area contributed by atoms with Crippen molar-refractivity contribution in [3.63, 3.8) is 0 Å². The monoisotopic (exact) mass is 459 g/mol. The van der Waals surface area contributed by atoms with Gasteiger partial charge in [-0.3, -0.25) is 15.0 Å². The Kier molecular flexibility index (Phi) is 7.70. The lowest BCUT2D eigenvalue weighted by molar-refractivity contribution is 0.0966. The second kappa shape index (κ2) is 11.1. The number of amides is 1. The van der Waals surface area contributed by atoms with Crippen LogP contribution in [0.2, 0.25) is 0 Å². The molecule has 3 aromatic carbocycles. The van der Waals surface area contributed by atoms with Crippen LogP contribution in [-0.4, -0.2) is 53.6 Å². The van der Waals surface area contributed by atoms with Crippen molar-refractivity contribution in [1.82, 2.24) is 15.1 Å². The molecule has 0 atom stereocenters. The third-order valence-corrected chi connectivity index (χ3v) is 6.19. The van der Waals surface area contributed by atoms with Gasteiger partial charge in [0.1, 0.15) is 5.75 Å². The molecule has 0 unspecified atom stereocenters. The van der Waals surface area contributed by atoms with Gasteiger partial charge in [0.15, 0.2) is 5.11 Å². The number of thiocarbonyl (C=S) groups is 1. The molecular formula is C27H29N3O2S. The molecule has 5 nitrogen and oxygen atoms in total. The van der Waals surface area contributed by atoms with Crippen LogP contribution >= 0.6 is 12.2 Å². The molecule has 4 rings (SSSR count). The molecule has 6 heteroatoms. The number of piperazine rings is 1. The first-order valence-corrected chi connectivity index (χ1v) is 11.7. The predicted octanol–water partition coefficient (Wildman–Crippen LogP) is 4.51. The van der Waals surface area contributed by atoms with Crippen LogP contribution in [-0.2, 0) is 0 Å². The molecule has 1 fully saturated rings. The van der Waals surface area contributed by atoms with Gasteiger partial charge >= 0.3 is 0 Å². The van der Waals surface area contributed by atoms with E-state index in [4.69, 9.17) is 17.0 Å². The summed E-state index contributed by atoms with van der Waals surface area (Å²) in [5.41, 5.74) is 3.10. The van der Waals surface area contributed by atoms with Gasteiger partial charge in [-0.1, -0.05) is 66.7 Å². The standard InChI is InChI=1S/C27H29N3O2S/c1-2-32-24-15-9-14-23(20-24)26(31)28-27(33)30-18-16-29(17-19-30)25(21-10-5-3-6-11-21)22-12-7-4-8-13-22/h3-15,20,25H,2,16-19H2,1H3,(H,28,31,33). The Labute approximate surface area is 201 Å². The molecule has 0 spiro atoms. The van der Waals surface area contributed by atoms with E-state index in [-0.39, 0.29) is 11.9 Å². The summed E-state index contributed by atoms with van der Waals surface area (Å²) in [6, 6.07) is 28.6. The van der Waals surface area contributed by atoms with E-state index in [1.165, 1.54) is 11.1 Å². The first kappa shape index (κ1) is 23.0.